The van der Waals surface area contributed by atoms with Gasteiger partial charge in [0.2, 0.25) is 0 Å². The fraction of sp³-hybridized carbons (Fsp3) is 0.286. The Hall–Kier alpha value is -2.08. The maximum Gasteiger partial charge on any atom is 0.133 e. The van der Waals surface area contributed by atoms with Crippen LogP contribution in [0.4, 0.5) is 11.4 Å². The largest absolute Gasteiger partial charge is 0.397 e. The Kier molecular flexibility index (Phi) is 3.10. The van der Waals surface area contributed by atoms with Gasteiger partial charge < -0.3 is 15.2 Å². The van der Waals surface area contributed by atoms with E-state index in [2.05, 4.69) is 15.0 Å². The van der Waals surface area contributed by atoms with E-state index in [1.807, 2.05) is 39.1 Å². The number of thiazole rings is 1. The van der Waals surface area contributed by atoms with Gasteiger partial charge in [-0.15, -0.1) is 11.3 Å². The number of aryl methyl sites for hydroxylation is 2. The molecule has 0 bridgehead atoms. The van der Waals surface area contributed by atoms with Gasteiger partial charge >= 0.3 is 0 Å². The van der Waals surface area contributed by atoms with Crippen LogP contribution in [0.2, 0.25) is 0 Å². The smallest absolute Gasteiger partial charge is 0.133 e. The quantitative estimate of drug-likeness (QED) is 0.750. The molecule has 0 atom stereocenters. The molecule has 0 amide bonds. The van der Waals surface area contributed by atoms with Gasteiger partial charge in [0.25, 0.3) is 0 Å². The zero-order valence-corrected chi connectivity index (χ0v) is 12.5. The van der Waals surface area contributed by atoms with Crippen LogP contribution in [0.1, 0.15) is 16.5 Å². The summed E-state index contributed by atoms with van der Waals surface area (Å²) in [5.74, 6) is 0.812. The SMILES string of the molecule is Cc1cc(CN(C)c2cc3nc(C)sc3cc2N)no1. The van der Waals surface area contributed by atoms with E-state index in [1.54, 1.807) is 11.3 Å². The molecule has 2 N–H and O–H groups in total. The van der Waals surface area contributed by atoms with E-state index in [-0.39, 0.29) is 0 Å². The molecule has 3 rings (SSSR count). The van der Waals surface area contributed by atoms with Crippen molar-refractivity contribution in [3.63, 3.8) is 0 Å². The van der Waals surface area contributed by atoms with Crippen LogP contribution in [-0.2, 0) is 6.54 Å². The highest BCUT2D eigenvalue weighted by Gasteiger charge is 2.12. The minimum Gasteiger partial charge on any atom is -0.397 e. The maximum absolute atomic E-state index is 6.15. The van der Waals surface area contributed by atoms with E-state index in [4.69, 9.17) is 10.3 Å². The van der Waals surface area contributed by atoms with E-state index in [1.165, 1.54) is 0 Å². The number of aromatic nitrogens is 2. The Morgan fingerprint density at radius 1 is 1.30 bits per heavy atom. The number of benzene rings is 1. The Labute approximate surface area is 121 Å². The lowest BCUT2D eigenvalue weighted by molar-refractivity contribution is 0.390. The van der Waals surface area contributed by atoms with Crippen molar-refractivity contribution in [1.82, 2.24) is 10.1 Å². The summed E-state index contributed by atoms with van der Waals surface area (Å²) in [7, 11) is 1.99. The van der Waals surface area contributed by atoms with Crippen LogP contribution in [0.5, 0.6) is 0 Å². The zero-order valence-electron chi connectivity index (χ0n) is 11.7. The van der Waals surface area contributed by atoms with Crippen molar-refractivity contribution in [3.05, 3.63) is 34.7 Å². The number of nitrogens with two attached hydrogens (primary N) is 1. The average Bonchev–Trinajstić information content (AvgIpc) is 2.93. The summed E-state index contributed by atoms with van der Waals surface area (Å²) in [5.41, 5.74) is 9.74. The second kappa shape index (κ2) is 4.79. The molecule has 2 heterocycles. The number of anilines is 2. The summed E-state index contributed by atoms with van der Waals surface area (Å²) in [6.45, 7) is 4.54. The Balaban J connectivity index is 1.93. The predicted octanol–water partition coefficient (Wildman–Crippen LogP) is 3.12. The minimum absolute atomic E-state index is 0.649. The third-order valence-electron chi connectivity index (χ3n) is 3.13. The molecule has 2 aromatic heterocycles. The molecule has 0 aliphatic heterocycles. The lowest BCUT2D eigenvalue weighted by atomic mass is 10.2. The molecule has 0 spiro atoms. The number of fused-ring (bicyclic) bond motifs is 1. The van der Waals surface area contributed by atoms with Crippen LogP contribution in [0.15, 0.2) is 22.7 Å². The molecular formula is C14H16N4OS. The van der Waals surface area contributed by atoms with Crippen LogP contribution < -0.4 is 10.6 Å². The topological polar surface area (TPSA) is 68.2 Å². The number of rotatable bonds is 3. The van der Waals surface area contributed by atoms with Gasteiger partial charge in [-0.25, -0.2) is 4.98 Å². The molecule has 0 saturated heterocycles. The molecule has 0 fully saturated rings. The van der Waals surface area contributed by atoms with Gasteiger partial charge in [-0.3, -0.25) is 0 Å². The maximum atomic E-state index is 6.15. The van der Waals surface area contributed by atoms with E-state index in [9.17, 15) is 0 Å². The molecule has 0 unspecified atom stereocenters. The number of nitrogen functional groups attached to an aromatic ring is 1. The summed E-state index contributed by atoms with van der Waals surface area (Å²) in [6, 6.07) is 5.94. The molecule has 1 aromatic carbocycles. The molecule has 20 heavy (non-hydrogen) atoms. The lowest BCUT2D eigenvalue weighted by Gasteiger charge is -2.19. The molecule has 104 valence electrons. The minimum atomic E-state index is 0.649. The highest BCUT2D eigenvalue weighted by molar-refractivity contribution is 7.18. The van der Waals surface area contributed by atoms with Gasteiger partial charge in [0.15, 0.2) is 0 Å². The van der Waals surface area contributed by atoms with E-state index >= 15 is 0 Å². The fourth-order valence-corrected chi connectivity index (χ4v) is 3.10. The highest BCUT2D eigenvalue weighted by atomic mass is 32.1. The third-order valence-corrected chi connectivity index (χ3v) is 4.06. The van der Waals surface area contributed by atoms with E-state index < -0.39 is 0 Å². The first-order chi connectivity index (χ1) is 9.52. The van der Waals surface area contributed by atoms with Crippen molar-refractivity contribution in [3.8, 4) is 0 Å². The van der Waals surface area contributed by atoms with Crippen LogP contribution in [0.3, 0.4) is 0 Å². The van der Waals surface area contributed by atoms with Crippen LogP contribution in [-0.4, -0.2) is 17.2 Å². The predicted molar refractivity (Wildman–Crippen MR) is 82.1 cm³/mol. The fourth-order valence-electron chi connectivity index (χ4n) is 2.24. The molecule has 3 aromatic rings. The summed E-state index contributed by atoms with van der Waals surface area (Å²) < 4.78 is 6.21. The number of hydrogen-bond donors (Lipinski definition) is 1. The molecular weight excluding hydrogens is 272 g/mol. The second-order valence-corrected chi connectivity index (χ2v) is 6.13. The third kappa shape index (κ3) is 2.34. The van der Waals surface area contributed by atoms with Gasteiger partial charge in [0, 0.05) is 13.1 Å². The molecule has 0 radical (unpaired) electrons. The van der Waals surface area contributed by atoms with Gasteiger partial charge in [0.05, 0.1) is 33.1 Å². The standard InChI is InChI=1S/C14H16N4OS/c1-8-4-10(17-19-8)7-18(3)13-6-12-14(5-11(13)15)20-9(2)16-12/h4-6H,7,15H2,1-3H3. The van der Waals surface area contributed by atoms with E-state index in [0.29, 0.717) is 6.54 Å². The number of hydrogen-bond acceptors (Lipinski definition) is 6. The van der Waals surface area contributed by atoms with Gasteiger partial charge in [-0.1, -0.05) is 5.16 Å². The second-order valence-electron chi connectivity index (χ2n) is 4.90. The molecule has 0 aliphatic rings. The van der Waals surface area contributed by atoms with Gasteiger partial charge in [0.1, 0.15) is 11.5 Å². The first-order valence-electron chi connectivity index (χ1n) is 6.33. The summed E-state index contributed by atoms with van der Waals surface area (Å²) >= 11 is 1.66. The first kappa shape index (κ1) is 12.9. The van der Waals surface area contributed by atoms with Crippen molar-refractivity contribution in [2.75, 3.05) is 17.7 Å². The monoisotopic (exact) mass is 288 g/mol. The van der Waals surface area contributed by atoms with Crippen molar-refractivity contribution < 1.29 is 4.52 Å². The Bertz CT molecular complexity index is 762. The van der Waals surface area contributed by atoms with Gasteiger partial charge in [-0.2, -0.15) is 0 Å². The molecule has 6 heteroatoms. The zero-order chi connectivity index (χ0) is 14.3. The normalized spacial score (nSPS) is 11.2. The summed E-state index contributed by atoms with van der Waals surface area (Å²) in [4.78, 5) is 6.57. The van der Waals surface area contributed by atoms with Crippen LogP contribution in [0, 0.1) is 13.8 Å². The Morgan fingerprint density at radius 3 is 2.80 bits per heavy atom. The summed E-state index contributed by atoms with van der Waals surface area (Å²) in [6.07, 6.45) is 0. The first-order valence-corrected chi connectivity index (χ1v) is 7.14. The van der Waals surface area contributed by atoms with Crippen LogP contribution >= 0.6 is 11.3 Å². The van der Waals surface area contributed by atoms with Crippen molar-refractivity contribution in [2.45, 2.75) is 20.4 Å². The molecule has 0 saturated carbocycles. The number of nitrogens with zero attached hydrogens (tertiary/aromatic N) is 3. The highest BCUT2D eigenvalue weighted by Crippen LogP contribution is 2.32. The van der Waals surface area contributed by atoms with Crippen molar-refractivity contribution in [2.24, 2.45) is 0 Å². The Morgan fingerprint density at radius 2 is 2.10 bits per heavy atom. The van der Waals surface area contributed by atoms with E-state index in [0.717, 1.165) is 38.1 Å². The van der Waals surface area contributed by atoms with Crippen LogP contribution in [0.25, 0.3) is 10.2 Å². The lowest BCUT2D eigenvalue weighted by Crippen LogP contribution is -2.18. The average molecular weight is 288 g/mol. The summed E-state index contributed by atoms with van der Waals surface area (Å²) in [5, 5.41) is 5.05. The van der Waals surface area contributed by atoms with Crippen molar-refractivity contribution >= 4 is 32.9 Å². The molecule has 0 aliphatic carbocycles. The van der Waals surface area contributed by atoms with Gasteiger partial charge in [-0.05, 0) is 26.0 Å². The van der Waals surface area contributed by atoms with Crippen molar-refractivity contribution in [1.29, 1.82) is 0 Å². The molecule has 5 nitrogen and oxygen atoms in total.